The lowest BCUT2D eigenvalue weighted by Gasteiger charge is -2.30. The van der Waals surface area contributed by atoms with E-state index in [1.807, 2.05) is 25.9 Å². The summed E-state index contributed by atoms with van der Waals surface area (Å²) in [5.41, 5.74) is 0.203. The third kappa shape index (κ3) is 4.16. The first-order valence-corrected chi connectivity index (χ1v) is 6.72. The van der Waals surface area contributed by atoms with Gasteiger partial charge in [-0.05, 0) is 33.5 Å². The molecule has 0 fully saturated rings. The highest BCUT2D eigenvalue weighted by Gasteiger charge is 2.18. The SMILES string of the molecule is CCCN(C[C@H](C)N(C)C)c1ccc([N+](=O)[O-])cc1F. The maximum Gasteiger partial charge on any atom is 0.272 e. The highest BCUT2D eigenvalue weighted by Crippen LogP contribution is 2.24. The van der Waals surface area contributed by atoms with Gasteiger partial charge in [0, 0.05) is 25.2 Å². The van der Waals surface area contributed by atoms with Crippen LogP contribution in [0.1, 0.15) is 20.3 Å². The van der Waals surface area contributed by atoms with Crippen LogP contribution in [0, 0.1) is 15.9 Å². The van der Waals surface area contributed by atoms with Crippen molar-refractivity contribution in [2.24, 2.45) is 0 Å². The summed E-state index contributed by atoms with van der Waals surface area (Å²) in [5, 5.41) is 10.6. The zero-order chi connectivity index (χ0) is 15.3. The molecule has 0 radical (unpaired) electrons. The summed E-state index contributed by atoms with van der Waals surface area (Å²) in [6.45, 7) is 5.48. The molecule has 1 rings (SSSR count). The number of nitro groups is 1. The summed E-state index contributed by atoms with van der Waals surface area (Å²) in [5.74, 6) is -0.543. The van der Waals surface area contributed by atoms with Crippen molar-refractivity contribution < 1.29 is 9.31 Å². The molecule has 0 aliphatic carbocycles. The minimum absolute atomic E-state index is 0.219. The number of nitrogens with zero attached hydrogens (tertiary/aromatic N) is 3. The molecule has 1 aromatic carbocycles. The number of halogens is 1. The van der Waals surface area contributed by atoms with Crippen LogP contribution < -0.4 is 4.90 Å². The first-order chi connectivity index (χ1) is 9.36. The number of benzene rings is 1. The summed E-state index contributed by atoms with van der Waals surface area (Å²) < 4.78 is 14.1. The molecule has 0 aliphatic rings. The summed E-state index contributed by atoms with van der Waals surface area (Å²) in [6, 6.07) is 4.08. The Hall–Kier alpha value is -1.69. The van der Waals surface area contributed by atoms with E-state index in [4.69, 9.17) is 0 Å². The number of rotatable bonds is 7. The summed E-state index contributed by atoms with van der Waals surface area (Å²) in [7, 11) is 3.95. The van der Waals surface area contributed by atoms with E-state index in [1.165, 1.54) is 12.1 Å². The third-order valence-corrected chi connectivity index (χ3v) is 3.34. The molecule has 0 saturated carbocycles. The standard InChI is InChI=1S/C14H22FN3O2/c1-5-8-17(10-11(2)16(3)4)14-7-6-12(18(19)20)9-13(14)15/h6-7,9,11H,5,8,10H2,1-4H3/t11-/m0/s1. The van der Waals surface area contributed by atoms with Gasteiger partial charge in [0.05, 0.1) is 16.7 Å². The topological polar surface area (TPSA) is 49.6 Å². The fourth-order valence-corrected chi connectivity index (χ4v) is 1.93. The monoisotopic (exact) mass is 283 g/mol. The zero-order valence-corrected chi connectivity index (χ0v) is 12.5. The first kappa shape index (κ1) is 16.4. The van der Waals surface area contributed by atoms with E-state index in [2.05, 4.69) is 11.8 Å². The van der Waals surface area contributed by atoms with Gasteiger partial charge in [0.15, 0.2) is 5.82 Å². The van der Waals surface area contributed by atoms with Gasteiger partial charge in [-0.3, -0.25) is 10.1 Å². The van der Waals surface area contributed by atoms with Gasteiger partial charge < -0.3 is 9.80 Å². The van der Waals surface area contributed by atoms with Crippen molar-refractivity contribution in [2.45, 2.75) is 26.3 Å². The van der Waals surface area contributed by atoms with Crippen molar-refractivity contribution in [1.82, 2.24) is 4.90 Å². The fourth-order valence-electron chi connectivity index (χ4n) is 1.93. The molecule has 0 N–H and O–H groups in total. The van der Waals surface area contributed by atoms with Crippen LogP contribution in [0.25, 0.3) is 0 Å². The van der Waals surface area contributed by atoms with Crippen LogP contribution in [0.15, 0.2) is 18.2 Å². The Balaban J connectivity index is 2.99. The smallest absolute Gasteiger partial charge is 0.272 e. The molecule has 0 spiro atoms. The van der Waals surface area contributed by atoms with Gasteiger partial charge >= 0.3 is 0 Å². The molecule has 0 heterocycles. The normalized spacial score (nSPS) is 12.5. The van der Waals surface area contributed by atoms with Gasteiger partial charge in [-0.2, -0.15) is 0 Å². The van der Waals surface area contributed by atoms with E-state index >= 15 is 0 Å². The molecule has 0 amide bonds. The van der Waals surface area contributed by atoms with Crippen LogP contribution in [0.5, 0.6) is 0 Å². The fraction of sp³-hybridized carbons (Fsp3) is 0.571. The van der Waals surface area contributed by atoms with Crippen LogP contribution >= 0.6 is 0 Å². The minimum atomic E-state index is -0.584. The van der Waals surface area contributed by atoms with Crippen molar-refractivity contribution in [1.29, 1.82) is 0 Å². The van der Waals surface area contributed by atoms with Crippen molar-refractivity contribution in [3.05, 3.63) is 34.1 Å². The maximum atomic E-state index is 14.1. The van der Waals surface area contributed by atoms with E-state index in [1.54, 1.807) is 0 Å². The van der Waals surface area contributed by atoms with Gasteiger partial charge in [-0.15, -0.1) is 0 Å². The third-order valence-electron chi connectivity index (χ3n) is 3.34. The summed E-state index contributed by atoms with van der Waals surface area (Å²) in [6.07, 6.45) is 0.885. The quantitative estimate of drug-likeness (QED) is 0.570. The van der Waals surface area contributed by atoms with E-state index in [0.717, 1.165) is 12.5 Å². The van der Waals surface area contributed by atoms with Crippen LogP contribution in [0.4, 0.5) is 15.8 Å². The van der Waals surface area contributed by atoms with Gasteiger partial charge in [0.25, 0.3) is 5.69 Å². The predicted molar refractivity (Wildman–Crippen MR) is 78.7 cm³/mol. The molecule has 20 heavy (non-hydrogen) atoms. The molecular weight excluding hydrogens is 261 g/mol. The summed E-state index contributed by atoms with van der Waals surface area (Å²) in [4.78, 5) is 14.1. The van der Waals surface area contributed by atoms with Crippen LogP contribution in [0.2, 0.25) is 0 Å². The summed E-state index contributed by atoms with van der Waals surface area (Å²) >= 11 is 0. The van der Waals surface area contributed by atoms with Gasteiger partial charge in [0.1, 0.15) is 0 Å². The van der Waals surface area contributed by atoms with Gasteiger partial charge in [-0.1, -0.05) is 6.92 Å². The largest absolute Gasteiger partial charge is 0.368 e. The second-order valence-corrected chi connectivity index (χ2v) is 5.15. The molecule has 5 nitrogen and oxygen atoms in total. The number of non-ortho nitro benzene ring substituents is 1. The molecule has 1 aromatic rings. The lowest BCUT2D eigenvalue weighted by molar-refractivity contribution is -0.385. The second-order valence-electron chi connectivity index (χ2n) is 5.15. The van der Waals surface area contributed by atoms with E-state index in [9.17, 15) is 14.5 Å². The Bertz CT molecular complexity index is 466. The molecular formula is C14H22FN3O2. The molecule has 0 saturated heterocycles. The lowest BCUT2D eigenvalue weighted by Crippen LogP contribution is -2.39. The average Bonchev–Trinajstić information content (AvgIpc) is 2.37. The Morgan fingerprint density at radius 3 is 2.50 bits per heavy atom. The Morgan fingerprint density at radius 1 is 1.40 bits per heavy atom. The molecule has 1 atom stereocenters. The highest BCUT2D eigenvalue weighted by atomic mass is 19.1. The number of hydrogen-bond acceptors (Lipinski definition) is 4. The van der Waals surface area contributed by atoms with Crippen LogP contribution in [-0.4, -0.2) is 43.0 Å². The molecule has 112 valence electrons. The minimum Gasteiger partial charge on any atom is -0.368 e. The Kier molecular flexibility index (Phi) is 5.88. The van der Waals surface area contributed by atoms with Crippen LogP contribution in [-0.2, 0) is 0 Å². The van der Waals surface area contributed by atoms with Crippen molar-refractivity contribution >= 4 is 11.4 Å². The first-order valence-electron chi connectivity index (χ1n) is 6.72. The van der Waals surface area contributed by atoms with Crippen LogP contribution in [0.3, 0.4) is 0 Å². The van der Waals surface area contributed by atoms with E-state index in [0.29, 0.717) is 18.8 Å². The Labute approximate surface area is 119 Å². The Morgan fingerprint density at radius 2 is 2.05 bits per heavy atom. The van der Waals surface area contributed by atoms with Crippen molar-refractivity contribution in [3.8, 4) is 0 Å². The van der Waals surface area contributed by atoms with E-state index in [-0.39, 0.29) is 11.7 Å². The molecule has 0 unspecified atom stereocenters. The van der Waals surface area contributed by atoms with Crippen molar-refractivity contribution in [2.75, 3.05) is 32.1 Å². The van der Waals surface area contributed by atoms with Gasteiger partial charge in [-0.25, -0.2) is 4.39 Å². The zero-order valence-electron chi connectivity index (χ0n) is 12.5. The predicted octanol–water partition coefficient (Wildman–Crippen LogP) is 2.90. The number of hydrogen-bond donors (Lipinski definition) is 0. The van der Waals surface area contributed by atoms with Crippen molar-refractivity contribution in [3.63, 3.8) is 0 Å². The average molecular weight is 283 g/mol. The van der Waals surface area contributed by atoms with E-state index < -0.39 is 10.7 Å². The van der Waals surface area contributed by atoms with Gasteiger partial charge in [0.2, 0.25) is 0 Å². The molecule has 6 heteroatoms. The second kappa shape index (κ2) is 7.19. The molecule has 0 aromatic heterocycles. The number of likely N-dealkylation sites (N-methyl/N-ethyl adjacent to an activating group) is 1. The lowest BCUT2D eigenvalue weighted by atomic mass is 10.2. The number of anilines is 1. The maximum absolute atomic E-state index is 14.1. The molecule has 0 bridgehead atoms. The number of nitro benzene ring substituents is 1. The molecule has 0 aliphatic heterocycles. The highest BCUT2D eigenvalue weighted by molar-refractivity contribution is 5.52.